The lowest BCUT2D eigenvalue weighted by Gasteiger charge is -2.36. The second kappa shape index (κ2) is 13.6. The highest BCUT2D eigenvalue weighted by Gasteiger charge is 2.71. The summed E-state index contributed by atoms with van der Waals surface area (Å²) in [5, 5.41) is 10.0. The molecule has 0 unspecified atom stereocenters. The number of benzene rings is 3. The molecule has 3 aromatic carbocycles. The van der Waals surface area contributed by atoms with Crippen molar-refractivity contribution >= 4 is 6.09 Å². The molecule has 0 spiro atoms. The van der Waals surface area contributed by atoms with Crippen LogP contribution in [0.3, 0.4) is 0 Å². The van der Waals surface area contributed by atoms with E-state index in [1.54, 1.807) is 32.9 Å². The molecule has 1 saturated carbocycles. The van der Waals surface area contributed by atoms with E-state index in [0.717, 1.165) is 43.4 Å². The van der Waals surface area contributed by atoms with Crippen molar-refractivity contribution in [1.29, 1.82) is 0 Å². The lowest BCUT2D eigenvalue weighted by atomic mass is 9.69. The first-order valence-electron chi connectivity index (χ1n) is 16.2. The summed E-state index contributed by atoms with van der Waals surface area (Å²) < 4.78 is 110. The molecule has 2 atom stereocenters. The first-order valence-corrected chi connectivity index (χ1v) is 16.2. The molecule has 49 heavy (non-hydrogen) atoms. The number of ether oxygens (including phenoxy) is 2. The zero-order valence-corrected chi connectivity index (χ0v) is 27.5. The van der Waals surface area contributed by atoms with Crippen LogP contribution in [0.25, 0.3) is 0 Å². The third-order valence-electron chi connectivity index (χ3n) is 9.58. The molecule has 3 aromatic rings. The molecule has 12 heteroatoms. The Balaban J connectivity index is 1.63. The summed E-state index contributed by atoms with van der Waals surface area (Å²) >= 11 is 0. The van der Waals surface area contributed by atoms with Gasteiger partial charge in [0.25, 0.3) is 5.60 Å². The van der Waals surface area contributed by atoms with E-state index in [2.05, 4.69) is 0 Å². The first-order chi connectivity index (χ1) is 22.9. The number of amides is 1. The maximum absolute atomic E-state index is 15.3. The number of halogens is 7. The van der Waals surface area contributed by atoms with Gasteiger partial charge in [-0.05, 0) is 67.9 Å². The zero-order chi connectivity index (χ0) is 35.8. The van der Waals surface area contributed by atoms with Gasteiger partial charge < -0.3 is 19.5 Å². The number of likely N-dealkylation sites (tertiary alicyclic amines) is 1. The summed E-state index contributed by atoms with van der Waals surface area (Å²) in [6, 6.07) is 17.4. The number of rotatable bonds is 8. The Morgan fingerprint density at radius 3 is 2.08 bits per heavy atom. The number of carbonyl (C=O) groups excluding carboxylic acids is 1. The van der Waals surface area contributed by atoms with Crippen LogP contribution in [0.5, 0.6) is 0 Å². The van der Waals surface area contributed by atoms with Crippen LogP contribution >= 0.6 is 0 Å². The molecule has 1 N–H and O–H groups in total. The fraction of sp³-hybridized carbons (Fsp3) is 0.486. The van der Waals surface area contributed by atoms with Gasteiger partial charge in [-0.2, -0.15) is 26.3 Å². The van der Waals surface area contributed by atoms with Gasteiger partial charge in [0, 0.05) is 30.0 Å². The summed E-state index contributed by atoms with van der Waals surface area (Å²) in [6.07, 6.45) is -9.27. The number of nitrogens with zero attached hydrogens (tertiary/aromatic N) is 1. The normalized spacial score (nSPS) is 21.0. The molecule has 1 saturated heterocycles. The fourth-order valence-electron chi connectivity index (χ4n) is 7.10. The van der Waals surface area contributed by atoms with Crippen molar-refractivity contribution in [1.82, 2.24) is 4.90 Å². The molecule has 1 aliphatic carbocycles. The van der Waals surface area contributed by atoms with E-state index < -0.39 is 46.5 Å². The van der Waals surface area contributed by atoms with Crippen LogP contribution in [-0.2, 0) is 27.1 Å². The SMILES string of the molecule is CC(C)(C)OC(=O)N1C[C@@H](c2ccc(C(O)(C(F)(F)F)C(F)(F)F)cc2)[C@@](COCc2ccccc2)(c2ccc(F)c(C3CCCC3)c2)C1. The van der Waals surface area contributed by atoms with Gasteiger partial charge in [-0.25, -0.2) is 9.18 Å². The van der Waals surface area contributed by atoms with E-state index >= 15 is 4.39 Å². The molecule has 5 rings (SSSR count). The van der Waals surface area contributed by atoms with Crippen molar-refractivity contribution in [2.45, 2.75) is 93.9 Å². The number of hydrogen-bond acceptors (Lipinski definition) is 4. The van der Waals surface area contributed by atoms with Gasteiger partial charge in [0.05, 0.1) is 13.2 Å². The average Bonchev–Trinajstić information content (AvgIpc) is 3.69. The van der Waals surface area contributed by atoms with Gasteiger partial charge in [-0.3, -0.25) is 0 Å². The molecular formula is C37H40F7NO4. The molecule has 5 nitrogen and oxygen atoms in total. The van der Waals surface area contributed by atoms with E-state index in [0.29, 0.717) is 28.8 Å². The third kappa shape index (κ3) is 7.45. The molecular weight excluding hydrogens is 655 g/mol. The van der Waals surface area contributed by atoms with E-state index in [-0.39, 0.29) is 38.0 Å². The quantitative estimate of drug-likeness (QED) is 0.239. The predicted molar refractivity (Wildman–Crippen MR) is 168 cm³/mol. The van der Waals surface area contributed by atoms with Crippen LogP contribution in [0, 0.1) is 5.82 Å². The molecule has 0 aromatic heterocycles. The summed E-state index contributed by atoms with van der Waals surface area (Å²) in [5.41, 5.74) is -6.20. The molecule has 1 heterocycles. The van der Waals surface area contributed by atoms with Crippen molar-refractivity contribution in [3.63, 3.8) is 0 Å². The fourth-order valence-corrected chi connectivity index (χ4v) is 7.10. The Kier molecular flexibility index (Phi) is 10.2. The van der Waals surface area contributed by atoms with Crippen molar-refractivity contribution in [2.24, 2.45) is 0 Å². The minimum absolute atomic E-state index is 0.00784. The number of carbonyl (C=O) groups is 1. The highest BCUT2D eigenvalue weighted by atomic mass is 19.4. The van der Waals surface area contributed by atoms with Crippen LogP contribution in [0.2, 0.25) is 0 Å². The van der Waals surface area contributed by atoms with Crippen molar-refractivity contribution in [3.8, 4) is 0 Å². The minimum atomic E-state index is -6.05. The summed E-state index contributed by atoms with van der Waals surface area (Å²) in [6.45, 7) is 5.22. The summed E-state index contributed by atoms with van der Waals surface area (Å²) in [7, 11) is 0. The molecule has 0 bridgehead atoms. The van der Waals surface area contributed by atoms with E-state index in [1.807, 2.05) is 30.3 Å². The smallest absolute Gasteiger partial charge is 0.430 e. The van der Waals surface area contributed by atoms with Gasteiger partial charge in [0.15, 0.2) is 0 Å². The Morgan fingerprint density at radius 1 is 0.898 bits per heavy atom. The Morgan fingerprint density at radius 2 is 1.51 bits per heavy atom. The maximum Gasteiger partial charge on any atom is 0.430 e. The van der Waals surface area contributed by atoms with Crippen LogP contribution in [0.15, 0.2) is 72.8 Å². The second-order valence-electron chi connectivity index (χ2n) is 14.1. The summed E-state index contributed by atoms with van der Waals surface area (Å²) in [5.74, 6) is -1.14. The monoisotopic (exact) mass is 695 g/mol. The Labute approximate surface area is 281 Å². The van der Waals surface area contributed by atoms with Crippen LogP contribution in [0.1, 0.15) is 86.1 Å². The van der Waals surface area contributed by atoms with E-state index in [4.69, 9.17) is 9.47 Å². The van der Waals surface area contributed by atoms with Crippen molar-refractivity contribution < 1.29 is 50.1 Å². The first kappa shape index (κ1) is 36.6. The highest BCUT2D eigenvalue weighted by molar-refractivity contribution is 5.69. The van der Waals surface area contributed by atoms with Gasteiger partial charge in [-0.1, -0.05) is 79.6 Å². The molecule has 266 valence electrons. The maximum atomic E-state index is 15.3. The zero-order valence-electron chi connectivity index (χ0n) is 27.5. The van der Waals surface area contributed by atoms with Crippen molar-refractivity contribution in [2.75, 3.05) is 19.7 Å². The number of alkyl halides is 6. The average molecular weight is 696 g/mol. The van der Waals surface area contributed by atoms with Crippen LogP contribution in [0.4, 0.5) is 35.5 Å². The van der Waals surface area contributed by atoms with Gasteiger partial charge in [0.2, 0.25) is 0 Å². The third-order valence-corrected chi connectivity index (χ3v) is 9.58. The van der Waals surface area contributed by atoms with Crippen LogP contribution in [-0.4, -0.2) is 53.7 Å². The van der Waals surface area contributed by atoms with Crippen LogP contribution < -0.4 is 0 Å². The summed E-state index contributed by atoms with van der Waals surface area (Å²) in [4.78, 5) is 14.9. The van der Waals surface area contributed by atoms with Crippen molar-refractivity contribution in [3.05, 3.63) is 106 Å². The molecule has 2 fully saturated rings. The standard InChI is InChI=1S/C37H40F7NO4/c1-33(2,3)49-32(46)45-20-30(26-13-15-27(16-14-26)35(47,36(39,40)41)37(42,43)44)34(22-45,23-48-21-24-9-5-4-6-10-24)28-17-18-31(38)29(19-28)25-11-7-8-12-25/h4-6,9-10,13-19,25,30,47H,7-8,11-12,20-23H2,1-3H3/t30-,34-/m0/s1. The molecule has 1 amide bonds. The van der Waals surface area contributed by atoms with Gasteiger partial charge >= 0.3 is 18.4 Å². The van der Waals surface area contributed by atoms with Gasteiger partial charge in [-0.15, -0.1) is 0 Å². The van der Waals surface area contributed by atoms with Gasteiger partial charge in [0.1, 0.15) is 11.4 Å². The Bertz CT molecular complexity index is 1580. The molecule has 0 radical (unpaired) electrons. The Hall–Kier alpha value is -3.64. The largest absolute Gasteiger partial charge is 0.444 e. The minimum Gasteiger partial charge on any atom is -0.444 e. The predicted octanol–water partition coefficient (Wildman–Crippen LogP) is 9.28. The number of aliphatic hydroxyl groups is 1. The lowest BCUT2D eigenvalue weighted by Crippen LogP contribution is -2.53. The van der Waals surface area contributed by atoms with E-state index in [1.165, 1.54) is 11.0 Å². The molecule has 1 aliphatic heterocycles. The second-order valence-corrected chi connectivity index (χ2v) is 14.1. The highest BCUT2D eigenvalue weighted by Crippen LogP contribution is 2.52. The molecule has 2 aliphatic rings. The van der Waals surface area contributed by atoms with E-state index in [9.17, 15) is 36.2 Å². The lowest BCUT2D eigenvalue weighted by molar-refractivity contribution is -0.376. The number of hydrogen-bond donors (Lipinski definition) is 1. The topological polar surface area (TPSA) is 59.0 Å².